The average molecular weight is 245 g/mol. The van der Waals surface area contributed by atoms with Crippen LogP contribution in [0, 0.1) is 0 Å². The van der Waals surface area contributed by atoms with Crippen molar-refractivity contribution in [1.82, 2.24) is 0 Å². The zero-order chi connectivity index (χ0) is 12.9. The minimum Gasteiger partial charge on any atom is -0.462 e. The molecular formula is C11H10F3NO2. The van der Waals surface area contributed by atoms with Gasteiger partial charge in [-0.1, -0.05) is 6.07 Å². The van der Waals surface area contributed by atoms with Gasteiger partial charge in [0.25, 0.3) is 0 Å². The molecule has 0 radical (unpaired) electrons. The van der Waals surface area contributed by atoms with E-state index >= 15 is 0 Å². The van der Waals surface area contributed by atoms with Crippen molar-refractivity contribution in [2.24, 2.45) is 4.99 Å². The van der Waals surface area contributed by atoms with Gasteiger partial charge in [0, 0.05) is 0 Å². The molecule has 0 aliphatic carbocycles. The Bertz CT molecular complexity index is 427. The van der Waals surface area contributed by atoms with Crippen molar-refractivity contribution in [3.05, 3.63) is 29.8 Å². The predicted octanol–water partition coefficient (Wildman–Crippen LogP) is 2.97. The minimum absolute atomic E-state index is 0.0490. The SMILES string of the molecule is CCOC(=O)C=Nc1cccc(C(F)(F)F)c1. The smallest absolute Gasteiger partial charge is 0.416 e. The molecule has 17 heavy (non-hydrogen) atoms. The number of alkyl halides is 3. The first-order chi connectivity index (χ1) is 7.93. The Morgan fingerprint density at radius 1 is 1.47 bits per heavy atom. The van der Waals surface area contributed by atoms with Crippen molar-refractivity contribution in [2.75, 3.05) is 6.61 Å². The van der Waals surface area contributed by atoms with Crippen molar-refractivity contribution < 1.29 is 22.7 Å². The molecule has 0 N–H and O–H groups in total. The van der Waals surface area contributed by atoms with Crippen molar-refractivity contribution in [1.29, 1.82) is 0 Å². The normalized spacial score (nSPS) is 11.8. The van der Waals surface area contributed by atoms with Crippen LogP contribution in [0.1, 0.15) is 12.5 Å². The fraction of sp³-hybridized carbons (Fsp3) is 0.273. The highest BCUT2D eigenvalue weighted by molar-refractivity contribution is 6.23. The third-order valence-corrected chi connectivity index (χ3v) is 1.78. The van der Waals surface area contributed by atoms with Crippen LogP contribution in [0.5, 0.6) is 0 Å². The van der Waals surface area contributed by atoms with E-state index in [1.54, 1.807) is 6.92 Å². The zero-order valence-corrected chi connectivity index (χ0v) is 8.99. The molecule has 0 spiro atoms. The Hall–Kier alpha value is -1.85. The van der Waals surface area contributed by atoms with Gasteiger partial charge in [-0.15, -0.1) is 0 Å². The van der Waals surface area contributed by atoms with E-state index in [2.05, 4.69) is 9.73 Å². The Labute approximate surface area is 95.9 Å². The van der Waals surface area contributed by atoms with Crippen molar-refractivity contribution in [3.8, 4) is 0 Å². The lowest BCUT2D eigenvalue weighted by molar-refractivity contribution is -0.137. The number of hydrogen-bond donors (Lipinski definition) is 0. The van der Waals surface area contributed by atoms with E-state index in [-0.39, 0.29) is 12.3 Å². The molecule has 0 aliphatic heterocycles. The van der Waals surface area contributed by atoms with Gasteiger partial charge < -0.3 is 4.74 Å². The molecule has 6 heteroatoms. The van der Waals surface area contributed by atoms with Gasteiger partial charge in [0.1, 0.15) is 6.21 Å². The molecule has 0 heterocycles. The Balaban J connectivity index is 2.83. The fourth-order valence-electron chi connectivity index (χ4n) is 1.07. The molecule has 1 rings (SSSR count). The predicted molar refractivity (Wildman–Crippen MR) is 56.2 cm³/mol. The summed E-state index contributed by atoms with van der Waals surface area (Å²) in [4.78, 5) is 14.5. The quantitative estimate of drug-likeness (QED) is 0.606. The van der Waals surface area contributed by atoms with E-state index in [1.807, 2.05) is 0 Å². The maximum Gasteiger partial charge on any atom is 0.416 e. The fourth-order valence-corrected chi connectivity index (χ4v) is 1.07. The van der Waals surface area contributed by atoms with Gasteiger partial charge in [-0.25, -0.2) is 9.79 Å². The minimum atomic E-state index is -4.42. The number of benzene rings is 1. The van der Waals surface area contributed by atoms with Gasteiger partial charge in [0.05, 0.1) is 17.9 Å². The Morgan fingerprint density at radius 3 is 2.76 bits per heavy atom. The number of carbonyl (C=O) groups is 1. The maximum absolute atomic E-state index is 12.3. The molecule has 1 aromatic rings. The number of rotatable bonds is 3. The van der Waals surface area contributed by atoms with Gasteiger partial charge in [0.15, 0.2) is 0 Å². The van der Waals surface area contributed by atoms with E-state index < -0.39 is 17.7 Å². The van der Waals surface area contributed by atoms with Gasteiger partial charge in [-0.3, -0.25) is 0 Å². The molecule has 92 valence electrons. The number of nitrogens with zero attached hydrogens (tertiary/aromatic N) is 1. The molecule has 3 nitrogen and oxygen atoms in total. The van der Waals surface area contributed by atoms with Crippen LogP contribution in [0.25, 0.3) is 0 Å². The van der Waals surface area contributed by atoms with Crippen LogP contribution >= 0.6 is 0 Å². The number of hydrogen-bond acceptors (Lipinski definition) is 3. The zero-order valence-electron chi connectivity index (χ0n) is 8.99. The van der Waals surface area contributed by atoms with Crippen LogP contribution in [-0.2, 0) is 15.7 Å². The van der Waals surface area contributed by atoms with E-state index in [9.17, 15) is 18.0 Å². The summed E-state index contributed by atoms with van der Waals surface area (Å²) in [6, 6.07) is 4.38. The maximum atomic E-state index is 12.3. The van der Waals surface area contributed by atoms with Crippen LogP contribution < -0.4 is 0 Å². The summed E-state index contributed by atoms with van der Waals surface area (Å²) >= 11 is 0. The summed E-state index contributed by atoms with van der Waals surface area (Å²) in [5, 5.41) is 0. The molecule has 0 amide bonds. The number of carbonyl (C=O) groups excluding carboxylic acids is 1. The summed E-state index contributed by atoms with van der Waals surface area (Å²) in [6.07, 6.45) is -3.57. The first kappa shape index (κ1) is 13.2. The standard InChI is InChI=1S/C11H10F3NO2/c1-2-17-10(16)7-15-9-5-3-4-8(6-9)11(12,13)14/h3-7H,2H2,1H3. The highest BCUT2D eigenvalue weighted by Crippen LogP contribution is 2.31. The molecule has 0 fully saturated rings. The molecule has 0 atom stereocenters. The molecule has 1 aromatic carbocycles. The first-order valence-corrected chi connectivity index (χ1v) is 4.81. The average Bonchev–Trinajstić information content (AvgIpc) is 2.26. The van der Waals surface area contributed by atoms with Gasteiger partial charge in [-0.05, 0) is 25.1 Å². The van der Waals surface area contributed by atoms with Crippen LogP contribution in [-0.4, -0.2) is 18.8 Å². The van der Waals surface area contributed by atoms with Crippen LogP contribution in [0.3, 0.4) is 0 Å². The van der Waals surface area contributed by atoms with Crippen molar-refractivity contribution >= 4 is 17.9 Å². The highest BCUT2D eigenvalue weighted by atomic mass is 19.4. The van der Waals surface area contributed by atoms with E-state index in [1.165, 1.54) is 12.1 Å². The summed E-state index contributed by atoms with van der Waals surface area (Å²) in [6.45, 7) is 1.81. The monoisotopic (exact) mass is 245 g/mol. The second-order valence-electron chi connectivity index (χ2n) is 3.06. The number of ether oxygens (including phenoxy) is 1. The van der Waals surface area contributed by atoms with E-state index in [4.69, 9.17) is 0 Å². The van der Waals surface area contributed by atoms with Gasteiger partial charge >= 0.3 is 12.1 Å². The van der Waals surface area contributed by atoms with E-state index in [0.29, 0.717) is 0 Å². The Morgan fingerprint density at radius 2 is 2.18 bits per heavy atom. The van der Waals surface area contributed by atoms with E-state index in [0.717, 1.165) is 18.3 Å². The second-order valence-corrected chi connectivity index (χ2v) is 3.06. The molecule has 0 saturated carbocycles. The summed E-state index contributed by atoms with van der Waals surface area (Å²) < 4.78 is 41.6. The number of halogens is 3. The van der Waals surface area contributed by atoms with Crippen LogP contribution in [0.15, 0.2) is 29.3 Å². The number of aliphatic imine (C=N–C) groups is 1. The molecule has 0 saturated heterocycles. The largest absolute Gasteiger partial charge is 0.462 e. The third kappa shape index (κ3) is 4.26. The summed E-state index contributed by atoms with van der Waals surface area (Å²) in [7, 11) is 0. The molecule has 0 unspecified atom stereocenters. The topological polar surface area (TPSA) is 38.7 Å². The van der Waals surface area contributed by atoms with Crippen molar-refractivity contribution in [3.63, 3.8) is 0 Å². The molecule has 0 bridgehead atoms. The first-order valence-electron chi connectivity index (χ1n) is 4.81. The van der Waals surface area contributed by atoms with Crippen LogP contribution in [0.4, 0.5) is 18.9 Å². The molecular weight excluding hydrogens is 235 g/mol. The molecule has 0 aromatic heterocycles. The number of esters is 1. The van der Waals surface area contributed by atoms with Crippen molar-refractivity contribution in [2.45, 2.75) is 13.1 Å². The van der Waals surface area contributed by atoms with Crippen LogP contribution in [0.2, 0.25) is 0 Å². The lowest BCUT2D eigenvalue weighted by Crippen LogP contribution is -2.05. The lowest BCUT2D eigenvalue weighted by atomic mass is 10.2. The van der Waals surface area contributed by atoms with Gasteiger partial charge in [-0.2, -0.15) is 13.2 Å². The lowest BCUT2D eigenvalue weighted by Gasteiger charge is -2.06. The van der Waals surface area contributed by atoms with Gasteiger partial charge in [0.2, 0.25) is 0 Å². The third-order valence-electron chi connectivity index (χ3n) is 1.78. The molecule has 0 aliphatic rings. The summed E-state index contributed by atoms with van der Waals surface area (Å²) in [5.74, 6) is -0.690. The summed E-state index contributed by atoms with van der Waals surface area (Å²) in [5.41, 5.74) is -0.760. The highest BCUT2D eigenvalue weighted by Gasteiger charge is 2.30. The second kappa shape index (κ2) is 5.47. The Kier molecular flexibility index (Phi) is 4.25.